The smallest absolute Gasteiger partial charge is 0.255 e. The number of rotatable bonds is 8. The first-order valence-electron chi connectivity index (χ1n) is 11.5. The van der Waals surface area contributed by atoms with E-state index in [1.807, 2.05) is 13.8 Å². The Labute approximate surface area is 195 Å². The lowest BCUT2D eigenvalue weighted by atomic mass is 9.94. The minimum atomic E-state index is -0.662. The molecule has 0 heterocycles. The van der Waals surface area contributed by atoms with E-state index >= 15 is 0 Å². The van der Waals surface area contributed by atoms with Crippen molar-refractivity contribution in [2.75, 3.05) is 12.4 Å². The van der Waals surface area contributed by atoms with Crippen LogP contribution < -0.4 is 20.7 Å². The molecule has 1 atom stereocenters. The first-order chi connectivity index (χ1) is 15.9. The van der Waals surface area contributed by atoms with Crippen LogP contribution in [0.15, 0.2) is 48.5 Å². The summed E-state index contributed by atoms with van der Waals surface area (Å²) in [6, 6.07) is 13.0. The maximum atomic E-state index is 13.1. The molecule has 0 radical (unpaired) electrons. The molecule has 3 amide bonds. The predicted octanol–water partition coefficient (Wildman–Crippen LogP) is 4.15. The lowest BCUT2D eigenvalue weighted by Crippen LogP contribution is -2.52. The number of ether oxygens (including phenoxy) is 1. The second kappa shape index (κ2) is 11.5. The van der Waals surface area contributed by atoms with Gasteiger partial charge in [-0.15, -0.1) is 0 Å². The molecule has 1 aliphatic rings. The highest BCUT2D eigenvalue weighted by Crippen LogP contribution is 2.20. The molecule has 1 fully saturated rings. The van der Waals surface area contributed by atoms with E-state index in [0.29, 0.717) is 22.6 Å². The third-order valence-electron chi connectivity index (χ3n) is 5.96. The zero-order valence-electron chi connectivity index (χ0n) is 19.5. The van der Waals surface area contributed by atoms with Gasteiger partial charge in [0.15, 0.2) is 0 Å². The molecule has 0 bridgehead atoms. The van der Waals surface area contributed by atoms with Gasteiger partial charge in [0, 0.05) is 11.6 Å². The van der Waals surface area contributed by atoms with Gasteiger partial charge in [0.2, 0.25) is 5.91 Å². The average Bonchev–Trinajstić information content (AvgIpc) is 2.83. The largest absolute Gasteiger partial charge is 0.497 e. The third kappa shape index (κ3) is 6.57. The van der Waals surface area contributed by atoms with Crippen LogP contribution in [0.25, 0.3) is 0 Å². The van der Waals surface area contributed by atoms with Crippen LogP contribution in [0.3, 0.4) is 0 Å². The number of nitrogens with one attached hydrogen (secondary N) is 3. The van der Waals surface area contributed by atoms with Crippen LogP contribution in [0, 0.1) is 5.92 Å². The van der Waals surface area contributed by atoms with Crippen molar-refractivity contribution in [1.82, 2.24) is 10.6 Å². The summed E-state index contributed by atoms with van der Waals surface area (Å²) in [6.45, 7) is 3.81. The van der Waals surface area contributed by atoms with E-state index in [4.69, 9.17) is 4.74 Å². The normalized spacial score (nSPS) is 14.9. The van der Waals surface area contributed by atoms with Gasteiger partial charge in [-0.2, -0.15) is 0 Å². The number of methoxy groups -OCH3 is 1. The summed E-state index contributed by atoms with van der Waals surface area (Å²) in [6.07, 6.45) is 5.39. The number of carbonyl (C=O) groups is 3. The second-order valence-corrected chi connectivity index (χ2v) is 8.77. The molecular weight excluding hydrogens is 418 g/mol. The van der Waals surface area contributed by atoms with Gasteiger partial charge in [0.25, 0.3) is 11.8 Å². The Hall–Kier alpha value is -3.35. The molecule has 0 unspecified atom stereocenters. The van der Waals surface area contributed by atoms with Gasteiger partial charge in [0.05, 0.1) is 18.4 Å². The molecule has 176 valence electrons. The Kier molecular flexibility index (Phi) is 8.46. The maximum absolute atomic E-state index is 13.1. The fourth-order valence-corrected chi connectivity index (χ4v) is 4.02. The Bertz CT molecular complexity index is 966. The molecule has 2 aromatic rings. The molecule has 3 rings (SSSR count). The first-order valence-corrected chi connectivity index (χ1v) is 11.5. The van der Waals surface area contributed by atoms with Crippen LogP contribution in [-0.4, -0.2) is 36.9 Å². The Morgan fingerprint density at radius 3 is 2.21 bits per heavy atom. The molecule has 0 spiro atoms. The number of amides is 3. The van der Waals surface area contributed by atoms with Crippen molar-refractivity contribution in [3.63, 3.8) is 0 Å². The Balaban J connectivity index is 1.70. The van der Waals surface area contributed by atoms with Crippen molar-refractivity contribution in [2.45, 2.75) is 58.0 Å². The number of hydrogen-bond acceptors (Lipinski definition) is 4. The number of hydrogen-bond donors (Lipinski definition) is 3. The topological polar surface area (TPSA) is 96.5 Å². The van der Waals surface area contributed by atoms with E-state index in [1.165, 1.54) is 6.42 Å². The van der Waals surface area contributed by atoms with E-state index in [9.17, 15) is 14.4 Å². The van der Waals surface area contributed by atoms with Crippen LogP contribution in [0.4, 0.5) is 5.69 Å². The van der Waals surface area contributed by atoms with Gasteiger partial charge >= 0.3 is 0 Å². The van der Waals surface area contributed by atoms with Crippen LogP contribution in [-0.2, 0) is 4.79 Å². The first kappa shape index (κ1) is 24.3. The molecule has 33 heavy (non-hydrogen) atoms. The molecule has 0 aliphatic heterocycles. The predicted molar refractivity (Wildman–Crippen MR) is 128 cm³/mol. The van der Waals surface area contributed by atoms with Crippen LogP contribution >= 0.6 is 0 Å². The molecule has 2 aromatic carbocycles. The van der Waals surface area contributed by atoms with Crippen molar-refractivity contribution in [3.8, 4) is 5.75 Å². The van der Waals surface area contributed by atoms with Crippen molar-refractivity contribution < 1.29 is 19.1 Å². The summed E-state index contributed by atoms with van der Waals surface area (Å²) in [4.78, 5) is 38.7. The van der Waals surface area contributed by atoms with Gasteiger partial charge in [-0.3, -0.25) is 14.4 Å². The van der Waals surface area contributed by atoms with Gasteiger partial charge in [-0.25, -0.2) is 0 Å². The van der Waals surface area contributed by atoms with Gasteiger partial charge in [-0.05, 0) is 55.2 Å². The van der Waals surface area contributed by atoms with Gasteiger partial charge < -0.3 is 20.7 Å². The van der Waals surface area contributed by atoms with Crippen molar-refractivity contribution in [3.05, 3.63) is 59.7 Å². The quantitative estimate of drug-likeness (QED) is 0.562. The maximum Gasteiger partial charge on any atom is 0.255 e. The zero-order valence-corrected chi connectivity index (χ0v) is 19.5. The highest BCUT2D eigenvalue weighted by atomic mass is 16.5. The van der Waals surface area contributed by atoms with Crippen molar-refractivity contribution in [2.24, 2.45) is 5.92 Å². The molecule has 7 nitrogen and oxygen atoms in total. The monoisotopic (exact) mass is 451 g/mol. The molecule has 0 aromatic heterocycles. The average molecular weight is 452 g/mol. The fourth-order valence-electron chi connectivity index (χ4n) is 4.02. The lowest BCUT2D eigenvalue weighted by molar-refractivity contribution is -0.124. The minimum absolute atomic E-state index is 0.0846. The Morgan fingerprint density at radius 2 is 1.58 bits per heavy atom. The molecular formula is C26H33N3O4. The highest BCUT2D eigenvalue weighted by Gasteiger charge is 2.28. The lowest BCUT2D eigenvalue weighted by Gasteiger charge is -2.27. The highest BCUT2D eigenvalue weighted by molar-refractivity contribution is 6.09. The molecule has 1 aliphatic carbocycles. The van der Waals surface area contributed by atoms with E-state index in [2.05, 4.69) is 16.0 Å². The summed E-state index contributed by atoms with van der Waals surface area (Å²) in [5.74, 6) is -0.340. The van der Waals surface area contributed by atoms with Crippen LogP contribution in [0.1, 0.15) is 66.7 Å². The fraction of sp³-hybridized carbons (Fsp3) is 0.423. The summed E-state index contributed by atoms with van der Waals surface area (Å²) >= 11 is 0. The van der Waals surface area contributed by atoms with Crippen molar-refractivity contribution in [1.29, 1.82) is 0 Å². The molecule has 1 saturated carbocycles. The van der Waals surface area contributed by atoms with E-state index in [-0.39, 0.29) is 23.8 Å². The Morgan fingerprint density at radius 1 is 0.909 bits per heavy atom. The molecule has 3 N–H and O–H groups in total. The molecule has 7 heteroatoms. The third-order valence-corrected chi connectivity index (χ3v) is 5.96. The summed E-state index contributed by atoms with van der Waals surface area (Å²) in [7, 11) is 1.56. The van der Waals surface area contributed by atoms with Gasteiger partial charge in [0.1, 0.15) is 11.8 Å². The number of carbonyl (C=O) groups excluding carboxylic acids is 3. The van der Waals surface area contributed by atoms with Crippen molar-refractivity contribution >= 4 is 23.4 Å². The van der Waals surface area contributed by atoms with Gasteiger partial charge in [-0.1, -0.05) is 45.2 Å². The van der Waals surface area contributed by atoms with E-state index in [0.717, 1.165) is 25.7 Å². The van der Waals surface area contributed by atoms with Crippen LogP contribution in [0.2, 0.25) is 0 Å². The van der Waals surface area contributed by atoms with E-state index in [1.54, 1.807) is 55.6 Å². The summed E-state index contributed by atoms with van der Waals surface area (Å²) in [5.41, 5.74) is 1.12. The number of benzene rings is 2. The zero-order chi connectivity index (χ0) is 23.8. The second-order valence-electron chi connectivity index (χ2n) is 8.77. The van der Waals surface area contributed by atoms with Crippen LogP contribution in [0.5, 0.6) is 5.75 Å². The van der Waals surface area contributed by atoms with E-state index < -0.39 is 11.9 Å². The molecule has 0 saturated heterocycles. The minimum Gasteiger partial charge on any atom is -0.497 e. The number of anilines is 1. The summed E-state index contributed by atoms with van der Waals surface area (Å²) < 4.78 is 5.12. The standard InChI is InChI=1S/C26H33N3O4/c1-17(2)23(26(32)27-19-9-5-4-6-10-19)29-25(31)21-11-7-8-12-22(21)28-24(30)18-13-15-20(33-3)16-14-18/h7-8,11-17,19,23H,4-6,9-10H2,1-3H3,(H,27,32)(H,28,30)(H,29,31)/t23-/m1/s1. The number of para-hydroxylation sites is 1. The SMILES string of the molecule is COc1ccc(C(=O)Nc2ccccc2C(=O)N[C@@H](C(=O)NC2CCCCC2)C(C)C)cc1. The summed E-state index contributed by atoms with van der Waals surface area (Å²) in [5, 5.41) is 8.77.